The molecule has 4 N–H and O–H groups in total. The highest BCUT2D eigenvalue weighted by molar-refractivity contribution is 7.18. The van der Waals surface area contributed by atoms with Gasteiger partial charge in [-0.1, -0.05) is 23.5 Å². The van der Waals surface area contributed by atoms with Gasteiger partial charge in [0.05, 0.1) is 10.6 Å². The molecule has 0 spiro atoms. The van der Waals surface area contributed by atoms with E-state index in [-0.39, 0.29) is 11.8 Å². The molecule has 5 rings (SSSR count). The van der Waals surface area contributed by atoms with Crippen LogP contribution in [0, 0.1) is 0 Å². The number of aromatic nitrogens is 4. The van der Waals surface area contributed by atoms with Crippen LogP contribution in [0.25, 0.3) is 27.2 Å². The number of hydrogen-bond acceptors (Lipinski definition) is 8. The van der Waals surface area contributed by atoms with E-state index in [1.807, 2.05) is 30.3 Å². The van der Waals surface area contributed by atoms with Gasteiger partial charge in [0.1, 0.15) is 17.4 Å². The van der Waals surface area contributed by atoms with Gasteiger partial charge in [-0.15, -0.1) is 0 Å². The van der Waals surface area contributed by atoms with E-state index in [1.165, 1.54) is 24.6 Å². The highest BCUT2D eigenvalue weighted by atomic mass is 32.1. The first-order valence-corrected chi connectivity index (χ1v) is 11.5. The van der Waals surface area contributed by atoms with E-state index < -0.39 is 5.54 Å². The minimum atomic E-state index is -0.928. The number of carbonyl (C=O) groups is 2. The lowest BCUT2D eigenvalue weighted by Gasteiger charge is -2.45. The van der Waals surface area contributed by atoms with Gasteiger partial charge in [-0.25, -0.2) is 14.5 Å². The first kappa shape index (κ1) is 21.8. The second-order valence-corrected chi connectivity index (χ2v) is 9.71. The van der Waals surface area contributed by atoms with Crippen LogP contribution in [0.3, 0.4) is 0 Å². The first-order chi connectivity index (χ1) is 16.2. The fourth-order valence-electron chi connectivity index (χ4n) is 4.53. The van der Waals surface area contributed by atoms with Gasteiger partial charge < -0.3 is 21.3 Å². The summed E-state index contributed by atoms with van der Waals surface area (Å²) >= 11 is 1.36. The number of amides is 2. The van der Waals surface area contributed by atoms with Crippen molar-refractivity contribution in [2.75, 3.05) is 29.5 Å². The van der Waals surface area contributed by atoms with Crippen LogP contribution in [-0.4, -0.2) is 54.9 Å². The molecule has 1 aromatic carbocycles. The molecule has 4 aromatic rings. The van der Waals surface area contributed by atoms with Gasteiger partial charge in [0.2, 0.25) is 5.91 Å². The molecule has 11 heteroatoms. The molecule has 1 fully saturated rings. The summed E-state index contributed by atoms with van der Waals surface area (Å²) in [6.07, 6.45) is 3.12. The Bertz CT molecular complexity index is 1440. The second kappa shape index (κ2) is 7.80. The number of rotatable bonds is 3. The van der Waals surface area contributed by atoms with Crippen LogP contribution in [0.4, 0.5) is 16.6 Å². The molecule has 2 amide bonds. The molecular formula is C23H24N8O2S. The standard InChI is InChI=1S/C23H24N8O2S/c1-13(32)30-8-7-29(21(33)23(30,2)3)15-6-4-5-14(9-15)17-10-16(18-11-26-22(25)34-18)19-20(24)27-12-28-31(17)19/h4-6,9-12H,7-8H2,1-3H3,(H2,25,26)(H2,24,27,28). The van der Waals surface area contributed by atoms with Crippen molar-refractivity contribution in [1.29, 1.82) is 0 Å². The molecule has 3 aromatic heterocycles. The molecule has 0 unspecified atom stereocenters. The zero-order valence-corrected chi connectivity index (χ0v) is 19.8. The lowest BCUT2D eigenvalue weighted by Crippen LogP contribution is -2.64. The summed E-state index contributed by atoms with van der Waals surface area (Å²) in [5.74, 6) is 0.107. The summed E-state index contributed by atoms with van der Waals surface area (Å²) in [4.78, 5) is 37.9. The third-order valence-corrected chi connectivity index (χ3v) is 7.06. The van der Waals surface area contributed by atoms with Gasteiger partial charge >= 0.3 is 0 Å². The maximum Gasteiger partial charge on any atom is 0.252 e. The Morgan fingerprint density at radius 3 is 2.65 bits per heavy atom. The minimum Gasteiger partial charge on any atom is -0.382 e. The number of thiazole rings is 1. The molecule has 10 nitrogen and oxygen atoms in total. The molecule has 4 heterocycles. The predicted octanol–water partition coefficient (Wildman–Crippen LogP) is 2.66. The monoisotopic (exact) mass is 476 g/mol. The number of carbonyl (C=O) groups excluding carboxylic acids is 2. The van der Waals surface area contributed by atoms with Crippen LogP contribution >= 0.6 is 11.3 Å². The zero-order valence-electron chi connectivity index (χ0n) is 19.0. The van der Waals surface area contributed by atoms with Crippen molar-refractivity contribution < 1.29 is 9.59 Å². The maximum absolute atomic E-state index is 13.3. The fourth-order valence-corrected chi connectivity index (χ4v) is 5.23. The molecule has 0 saturated carbocycles. The number of piperazine rings is 1. The number of benzene rings is 1. The zero-order chi connectivity index (χ0) is 24.2. The summed E-state index contributed by atoms with van der Waals surface area (Å²) in [7, 11) is 0. The number of hydrogen-bond donors (Lipinski definition) is 2. The summed E-state index contributed by atoms with van der Waals surface area (Å²) < 4.78 is 1.74. The molecule has 174 valence electrons. The van der Waals surface area contributed by atoms with Gasteiger partial charge in [0.25, 0.3) is 5.91 Å². The molecular weight excluding hydrogens is 452 g/mol. The lowest BCUT2D eigenvalue weighted by atomic mass is 9.96. The van der Waals surface area contributed by atoms with E-state index >= 15 is 0 Å². The average Bonchev–Trinajstić information content (AvgIpc) is 3.40. The summed E-state index contributed by atoms with van der Waals surface area (Å²) in [5, 5.41) is 4.89. The number of nitrogens with zero attached hydrogens (tertiary/aromatic N) is 6. The van der Waals surface area contributed by atoms with E-state index in [0.717, 1.165) is 27.4 Å². The number of nitrogens with two attached hydrogens (primary N) is 2. The molecule has 1 aliphatic rings. The average molecular weight is 477 g/mol. The van der Waals surface area contributed by atoms with Crippen LogP contribution in [-0.2, 0) is 9.59 Å². The van der Waals surface area contributed by atoms with Crippen molar-refractivity contribution in [3.05, 3.63) is 42.9 Å². The molecule has 1 aliphatic heterocycles. The largest absolute Gasteiger partial charge is 0.382 e. The summed E-state index contributed by atoms with van der Waals surface area (Å²) in [6, 6.07) is 9.67. The van der Waals surface area contributed by atoms with Crippen LogP contribution < -0.4 is 16.4 Å². The van der Waals surface area contributed by atoms with Crippen LogP contribution in [0.2, 0.25) is 0 Å². The normalized spacial score (nSPS) is 15.8. The van der Waals surface area contributed by atoms with E-state index in [9.17, 15) is 9.59 Å². The summed E-state index contributed by atoms with van der Waals surface area (Å²) in [5.41, 5.74) is 15.0. The molecule has 34 heavy (non-hydrogen) atoms. The van der Waals surface area contributed by atoms with Crippen LogP contribution in [0.15, 0.2) is 42.9 Å². The molecule has 0 radical (unpaired) electrons. The van der Waals surface area contributed by atoms with E-state index in [4.69, 9.17) is 11.5 Å². The van der Waals surface area contributed by atoms with Gasteiger partial charge in [0.15, 0.2) is 10.9 Å². The van der Waals surface area contributed by atoms with Crippen molar-refractivity contribution in [3.63, 3.8) is 0 Å². The van der Waals surface area contributed by atoms with Crippen molar-refractivity contribution in [2.24, 2.45) is 0 Å². The van der Waals surface area contributed by atoms with Crippen molar-refractivity contribution in [2.45, 2.75) is 26.3 Å². The first-order valence-electron chi connectivity index (χ1n) is 10.7. The van der Waals surface area contributed by atoms with Crippen molar-refractivity contribution in [1.82, 2.24) is 24.5 Å². The molecule has 0 bridgehead atoms. The van der Waals surface area contributed by atoms with Gasteiger partial charge in [-0.05, 0) is 32.0 Å². The topological polar surface area (TPSA) is 136 Å². The summed E-state index contributed by atoms with van der Waals surface area (Å²) in [6.45, 7) is 5.93. The van der Waals surface area contributed by atoms with Crippen LogP contribution in [0.5, 0.6) is 0 Å². The predicted molar refractivity (Wildman–Crippen MR) is 132 cm³/mol. The Kier molecular flexibility index (Phi) is 5.01. The van der Waals surface area contributed by atoms with Gasteiger partial charge in [0, 0.05) is 43.0 Å². The Morgan fingerprint density at radius 2 is 1.94 bits per heavy atom. The minimum absolute atomic E-state index is 0.111. The smallest absolute Gasteiger partial charge is 0.252 e. The van der Waals surface area contributed by atoms with Gasteiger partial charge in [-0.3, -0.25) is 9.59 Å². The lowest BCUT2D eigenvalue weighted by molar-refractivity contribution is -0.145. The number of anilines is 3. The highest BCUT2D eigenvalue weighted by Crippen LogP contribution is 2.38. The van der Waals surface area contributed by atoms with Crippen LogP contribution in [0.1, 0.15) is 20.8 Å². The van der Waals surface area contributed by atoms with Crippen molar-refractivity contribution in [3.8, 4) is 21.7 Å². The Balaban J connectivity index is 1.60. The third kappa shape index (κ3) is 3.36. The van der Waals surface area contributed by atoms with Gasteiger partial charge in [-0.2, -0.15) is 5.10 Å². The Morgan fingerprint density at radius 1 is 1.15 bits per heavy atom. The Labute approximate surface area is 199 Å². The van der Waals surface area contributed by atoms with E-state index in [2.05, 4.69) is 15.1 Å². The molecule has 0 atom stereocenters. The maximum atomic E-state index is 13.3. The highest BCUT2D eigenvalue weighted by Gasteiger charge is 2.43. The molecule has 1 saturated heterocycles. The quantitative estimate of drug-likeness (QED) is 0.464. The molecule has 0 aliphatic carbocycles. The Hall–Kier alpha value is -3.99. The van der Waals surface area contributed by atoms with E-state index in [0.29, 0.717) is 29.6 Å². The SMILES string of the molecule is CC(=O)N1CCN(c2cccc(-c3cc(-c4cnc(N)s4)c4c(N)ncnn34)c2)C(=O)C1(C)C. The second-order valence-electron chi connectivity index (χ2n) is 8.65. The fraction of sp³-hybridized carbons (Fsp3) is 0.261. The van der Waals surface area contributed by atoms with Crippen molar-refractivity contribution >= 4 is 45.3 Å². The van der Waals surface area contributed by atoms with E-state index in [1.54, 1.807) is 34.4 Å². The third-order valence-electron chi connectivity index (χ3n) is 6.20. The number of fused-ring (bicyclic) bond motifs is 1. The number of nitrogen functional groups attached to an aromatic ring is 2.